The Hall–Kier alpha value is -1.28. The fraction of sp³-hybridized carbons (Fsp3) is 0.467. The summed E-state index contributed by atoms with van der Waals surface area (Å²) in [6.45, 7) is 11.8. The van der Waals surface area contributed by atoms with Gasteiger partial charge < -0.3 is 10.3 Å². The molecule has 0 bridgehead atoms. The number of aromatic nitrogens is 1. The molecule has 2 N–H and O–H groups in total. The Morgan fingerprint density at radius 3 is 2.53 bits per heavy atom. The standard InChI is InChI=1S/C15H22N2/c1-9(2)16-8-14-12(5)15-11(4)6-10(3)7-13(15)17-14/h6-7,9,16-17H,8H2,1-5H3. The van der Waals surface area contributed by atoms with Crippen molar-refractivity contribution in [2.45, 2.75) is 47.2 Å². The van der Waals surface area contributed by atoms with E-state index in [9.17, 15) is 0 Å². The molecule has 0 radical (unpaired) electrons. The van der Waals surface area contributed by atoms with Gasteiger partial charge in [0.2, 0.25) is 0 Å². The highest BCUT2D eigenvalue weighted by atomic mass is 14.9. The molecule has 2 nitrogen and oxygen atoms in total. The van der Waals surface area contributed by atoms with E-state index in [1.807, 2.05) is 0 Å². The minimum absolute atomic E-state index is 0.517. The van der Waals surface area contributed by atoms with E-state index in [1.54, 1.807) is 0 Å². The highest BCUT2D eigenvalue weighted by Crippen LogP contribution is 2.26. The van der Waals surface area contributed by atoms with Gasteiger partial charge in [-0.15, -0.1) is 0 Å². The molecule has 0 amide bonds. The summed E-state index contributed by atoms with van der Waals surface area (Å²) in [4.78, 5) is 3.54. The summed E-state index contributed by atoms with van der Waals surface area (Å²) in [6, 6.07) is 5.00. The SMILES string of the molecule is Cc1cc(C)c2c(C)c(CNC(C)C)[nH]c2c1. The Morgan fingerprint density at radius 2 is 1.88 bits per heavy atom. The largest absolute Gasteiger partial charge is 0.357 e. The van der Waals surface area contributed by atoms with E-state index in [0.717, 1.165) is 6.54 Å². The van der Waals surface area contributed by atoms with Crippen molar-refractivity contribution in [3.63, 3.8) is 0 Å². The zero-order chi connectivity index (χ0) is 12.6. The van der Waals surface area contributed by atoms with Crippen LogP contribution in [-0.2, 0) is 6.54 Å². The first-order valence-corrected chi connectivity index (χ1v) is 6.31. The molecule has 92 valence electrons. The van der Waals surface area contributed by atoms with E-state index in [-0.39, 0.29) is 0 Å². The molecule has 2 rings (SSSR count). The van der Waals surface area contributed by atoms with Crippen molar-refractivity contribution in [3.05, 3.63) is 34.5 Å². The maximum absolute atomic E-state index is 3.54. The number of aryl methyl sites for hydroxylation is 3. The van der Waals surface area contributed by atoms with Gasteiger partial charge >= 0.3 is 0 Å². The molecule has 1 heterocycles. The second-order valence-corrected chi connectivity index (χ2v) is 5.27. The predicted molar refractivity (Wildman–Crippen MR) is 74.5 cm³/mol. The Morgan fingerprint density at radius 1 is 1.18 bits per heavy atom. The Bertz CT molecular complexity index is 535. The molecular weight excluding hydrogens is 208 g/mol. The average molecular weight is 230 g/mol. The summed E-state index contributed by atoms with van der Waals surface area (Å²) in [5.41, 5.74) is 6.64. The van der Waals surface area contributed by atoms with Gasteiger partial charge in [0.15, 0.2) is 0 Å². The van der Waals surface area contributed by atoms with Crippen LogP contribution in [0.3, 0.4) is 0 Å². The molecule has 2 heteroatoms. The van der Waals surface area contributed by atoms with Crippen LogP contribution in [0.2, 0.25) is 0 Å². The molecular formula is C15H22N2. The first-order chi connectivity index (χ1) is 7.99. The van der Waals surface area contributed by atoms with Crippen LogP contribution in [0.25, 0.3) is 10.9 Å². The van der Waals surface area contributed by atoms with Crippen LogP contribution in [-0.4, -0.2) is 11.0 Å². The molecule has 0 fully saturated rings. The van der Waals surface area contributed by atoms with Crippen molar-refractivity contribution in [2.75, 3.05) is 0 Å². The number of hydrogen-bond donors (Lipinski definition) is 2. The first kappa shape index (κ1) is 12.2. The van der Waals surface area contributed by atoms with Gasteiger partial charge in [0.25, 0.3) is 0 Å². The monoisotopic (exact) mass is 230 g/mol. The summed E-state index contributed by atoms with van der Waals surface area (Å²) >= 11 is 0. The topological polar surface area (TPSA) is 27.8 Å². The van der Waals surface area contributed by atoms with Crippen LogP contribution in [0.1, 0.15) is 36.2 Å². The number of aromatic amines is 1. The van der Waals surface area contributed by atoms with Crippen molar-refractivity contribution in [1.29, 1.82) is 0 Å². The predicted octanol–water partition coefficient (Wildman–Crippen LogP) is 3.59. The van der Waals surface area contributed by atoms with Crippen molar-refractivity contribution < 1.29 is 0 Å². The fourth-order valence-corrected chi connectivity index (χ4v) is 2.45. The zero-order valence-corrected chi connectivity index (χ0v) is 11.4. The number of benzene rings is 1. The van der Waals surface area contributed by atoms with E-state index in [2.05, 4.69) is 57.1 Å². The third kappa shape index (κ3) is 2.37. The zero-order valence-electron chi connectivity index (χ0n) is 11.4. The second kappa shape index (κ2) is 4.53. The van der Waals surface area contributed by atoms with Crippen LogP contribution in [0.5, 0.6) is 0 Å². The quantitative estimate of drug-likeness (QED) is 0.828. The second-order valence-electron chi connectivity index (χ2n) is 5.27. The van der Waals surface area contributed by atoms with Crippen molar-refractivity contribution in [1.82, 2.24) is 10.3 Å². The minimum Gasteiger partial charge on any atom is -0.357 e. The number of rotatable bonds is 3. The molecule has 2 aromatic rings. The van der Waals surface area contributed by atoms with E-state index >= 15 is 0 Å². The molecule has 1 aromatic heterocycles. The average Bonchev–Trinajstić information content (AvgIpc) is 2.52. The van der Waals surface area contributed by atoms with Crippen molar-refractivity contribution >= 4 is 10.9 Å². The smallest absolute Gasteiger partial charge is 0.0464 e. The van der Waals surface area contributed by atoms with Gasteiger partial charge in [-0.3, -0.25) is 0 Å². The van der Waals surface area contributed by atoms with Gasteiger partial charge in [-0.25, -0.2) is 0 Å². The van der Waals surface area contributed by atoms with E-state index in [4.69, 9.17) is 0 Å². The molecule has 0 saturated heterocycles. The first-order valence-electron chi connectivity index (χ1n) is 6.31. The number of fused-ring (bicyclic) bond motifs is 1. The minimum atomic E-state index is 0.517. The van der Waals surface area contributed by atoms with Gasteiger partial charge in [0.1, 0.15) is 0 Å². The molecule has 0 aliphatic carbocycles. The summed E-state index contributed by atoms with van der Waals surface area (Å²) in [6.07, 6.45) is 0. The number of nitrogens with one attached hydrogen (secondary N) is 2. The Balaban J connectivity index is 2.45. The van der Waals surface area contributed by atoms with Crippen molar-refractivity contribution in [2.24, 2.45) is 0 Å². The maximum atomic E-state index is 3.54. The Labute approximate surface area is 103 Å². The number of H-pyrrole nitrogens is 1. The lowest BCUT2D eigenvalue weighted by Gasteiger charge is -2.07. The van der Waals surface area contributed by atoms with Gasteiger partial charge in [-0.05, 0) is 43.5 Å². The van der Waals surface area contributed by atoms with Crippen LogP contribution in [0.4, 0.5) is 0 Å². The van der Waals surface area contributed by atoms with Gasteiger partial charge in [0, 0.05) is 29.2 Å². The van der Waals surface area contributed by atoms with Gasteiger partial charge in [-0.1, -0.05) is 19.9 Å². The highest BCUT2D eigenvalue weighted by molar-refractivity contribution is 5.88. The molecule has 0 aliphatic heterocycles. The molecule has 0 atom stereocenters. The van der Waals surface area contributed by atoms with Crippen LogP contribution in [0, 0.1) is 20.8 Å². The normalized spacial score (nSPS) is 11.6. The molecule has 1 aromatic carbocycles. The summed E-state index contributed by atoms with van der Waals surface area (Å²) in [5.74, 6) is 0. The summed E-state index contributed by atoms with van der Waals surface area (Å²) in [7, 11) is 0. The van der Waals surface area contributed by atoms with Crippen molar-refractivity contribution in [3.8, 4) is 0 Å². The lowest BCUT2D eigenvalue weighted by atomic mass is 10.0. The van der Waals surface area contributed by atoms with Crippen LogP contribution >= 0.6 is 0 Å². The molecule has 0 saturated carbocycles. The summed E-state index contributed by atoms with van der Waals surface area (Å²) in [5, 5.41) is 4.85. The van der Waals surface area contributed by atoms with E-state index < -0.39 is 0 Å². The molecule has 0 aliphatic rings. The van der Waals surface area contributed by atoms with E-state index in [0.29, 0.717) is 6.04 Å². The fourth-order valence-electron chi connectivity index (χ4n) is 2.45. The maximum Gasteiger partial charge on any atom is 0.0464 e. The molecule has 17 heavy (non-hydrogen) atoms. The lowest BCUT2D eigenvalue weighted by Crippen LogP contribution is -2.22. The third-order valence-corrected chi connectivity index (χ3v) is 3.28. The van der Waals surface area contributed by atoms with Crippen LogP contribution < -0.4 is 5.32 Å². The summed E-state index contributed by atoms with van der Waals surface area (Å²) < 4.78 is 0. The molecule has 0 unspecified atom stereocenters. The van der Waals surface area contributed by atoms with E-state index in [1.165, 1.54) is 33.3 Å². The third-order valence-electron chi connectivity index (χ3n) is 3.28. The van der Waals surface area contributed by atoms with Gasteiger partial charge in [0.05, 0.1) is 0 Å². The van der Waals surface area contributed by atoms with Crippen LogP contribution in [0.15, 0.2) is 12.1 Å². The highest BCUT2D eigenvalue weighted by Gasteiger charge is 2.10. The number of hydrogen-bond acceptors (Lipinski definition) is 1. The van der Waals surface area contributed by atoms with Gasteiger partial charge in [-0.2, -0.15) is 0 Å². The lowest BCUT2D eigenvalue weighted by molar-refractivity contribution is 0.582. The Kier molecular flexibility index (Phi) is 3.25. The molecule has 0 spiro atoms.